The van der Waals surface area contributed by atoms with E-state index in [4.69, 9.17) is 22.1 Å². The number of nitrogens with zero attached hydrogens (tertiary/aromatic N) is 4. The average Bonchev–Trinajstić information content (AvgIpc) is 3.42. The highest BCUT2D eigenvalue weighted by Crippen LogP contribution is 2.50. The van der Waals surface area contributed by atoms with Gasteiger partial charge in [-0.2, -0.15) is 4.98 Å². The van der Waals surface area contributed by atoms with Gasteiger partial charge in [-0.25, -0.2) is 14.4 Å². The minimum Gasteiger partial charge on any atom is -0.495 e. The van der Waals surface area contributed by atoms with Crippen molar-refractivity contribution >= 4 is 23.4 Å². The van der Waals surface area contributed by atoms with Crippen LogP contribution in [0.1, 0.15) is 40.6 Å². The fourth-order valence-corrected chi connectivity index (χ4v) is 4.77. The van der Waals surface area contributed by atoms with Gasteiger partial charge >= 0.3 is 0 Å². The molecule has 7 nitrogen and oxygen atoms in total. The SMILES string of the molecule is CNc1nc(N)nc2c1C(c1ccc(-n3cnc(Cl)c3)c(OC)c1)CC2c1ccc(F)cc1. The number of nitrogens with two attached hydrogens (primary N) is 1. The summed E-state index contributed by atoms with van der Waals surface area (Å²) in [6.45, 7) is 0. The molecule has 4 aromatic rings. The number of methoxy groups -OCH3 is 1. The first-order valence-electron chi connectivity index (χ1n) is 10.5. The van der Waals surface area contributed by atoms with E-state index in [0.29, 0.717) is 16.7 Å². The summed E-state index contributed by atoms with van der Waals surface area (Å²) in [5, 5.41) is 3.57. The Bertz CT molecular complexity index is 1320. The summed E-state index contributed by atoms with van der Waals surface area (Å²) in [5.74, 6) is 1.27. The van der Waals surface area contributed by atoms with Crippen molar-refractivity contribution in [1.29, 1.82) is 0 Å². The molecule has 2 heterocycles. The summed E-state index contributed by atoms with van der Waals surface area (Å²) in [4.78, 5) is 13.1. The average molecular weight is 465 g/mol. The van der Waals surface area contributed by atoms with Crippen LogP contribution in [0.15, 0.2) is 55.0 Å². The lowest BCUT2D eigenvalue weighted by Crippen LogP contribution is -2.09. The molecule has 1 aliphatic carbocycles. The Morgan fingerprint density at radius 2 is 1.88 bits per heavy atom. The third kappa shape index (κ3) is 3.76. The molecule has 0 radical (unpaired) electrons. The molecule has 2 aromatic carbocycles. The Morgan fingerprint density at radius 3 is 2.55 bits per heavy atom. The van der Waals surface area contributed by atoms with Crippen molar-refractivity contribution in [3.05, 3.63) is 88.3 Å². The maximum Gasteiger partial charge on any atom is 0.222 e. The van der Waals surface area contributed by atoms with Gasteiger partial charge in [0.05, 0.1) is 18.5 Å². The second-order valence-electron chi connectivity index (χ2n) is 7.91. The topological polar surface area (TPSA) is 90.9 Å². The minimum absolute atomic E-state index is 0.00701. The van der Waals surface area contributed by atoms with Gasteiger partial charge in [0.1, 0.15) is 28.9 Å². The summed E-state index contributed by atoms with van der Waals surface area (Å²) in [7, 11) is 3.45. The maximum absolute atomic E-state index is 13.6. The van der Waals surface area contributed by atoms with Gasteiger partial charge in [-0.1, -0.05) is 29.8 Å². The number of aromatic nitrogens is 4. The minimum atomic E-state index is -0.272. The lowest BCUT2D eigenvalue weighted by Gasteiger charge is -2.18. The van der Waals surface area contributed by atoms with Crippen molar-refractivity contribution in [2.24, 2.45) is 0 Å². The van der Waals surface area contributed by atoms with Crippen LogP contribution in [0.2, 0.25) is 5.15 Å². The molecule has 2 unspecified atom stereocenters. The Labute approximate surface area is 195 Å². The zero-order chi connectivity index (χ0) is 23.1. The van der Waals surface area contributed by atoms with Gasteiger partial charge in [-0.15, -0.1) is 0 Å². The van der Waals surface area contributed by atoms with Crippen LogP contribution in [-0.2, 0) is 0 Å². The largest absolute Gasteiger partial charge is 0.495 e. The van der Waals surface area contributed by atoms with E-state index in [1.54, 1.807) is 31.8 Å². The third-order valence-electron chi connectivity index (χ3n) is 6.09. The number of halogens is 2. The van der Waals surface area contributed by atoms with Crippen molar-refractivity contribution < 1.29 is 9.13 Å². The summed E-state index contributed by atoms with van der Waals surface area (Å²) in [6, 6.07) is 12.6. The number of nitrogens with one attached hydrogen (secondary N) is 1. The highest BCUT2D eigenvalue weighted by molar-refractivity contribution is 6.29. The van der Waals surface area contributed by atoms with Gasteiger partial charge in [0, 0.05) is 30.6 Å². The van der Waals surface area contributed by atoms with Crippen molar-refractivity contribution in [3.8, 4) is 11.4 Å². The van der Waals surface area contributed by atoms with Crippen LogP contribution in [0.3, 0.4) is 0 Å². The van der Waals surface area contributed by atoms with Crippen LogP contribution in [0.4, 0.5) is 16.2 Å². The molecule has 0 saturated carbocycles. The number of ether oxygens (including phenoxy) is 1. The summed E-state index contributed by atoms with van der Waals surface area (Å²) in [6.07, 6.45) is 4.11. The van der Waals surface area contributed by atoms with E-state index in [1.807, 2.05) is 23.7 Å². The molecule has 3 N–H and O–H groups in total. The quantitative estimate of drug-likeness (QED) is 0.442. The highest BCUT2D eigenvalue weighted by Gasteiger charge is 2.37. The fraction of sp³-hybridized carbons (Fsp3) is 0.208. The van der Waals surface area contributed by atoms with Crippen LogP contribution < -0.4 is 15.8 Å². The molecule has 5 rings (SSSR count). The molecule has 0 aliphatic heterocycles. The molecule has 0 fully saturated rings. The zero-order valence-corrected chi connectivity index (χ0v) is 18.8. The Kier molecular flexibility index (Phi) is 5.38. The van der Waals surface area contributed by atoms with Crippen molar-refractivity contribution in [2.45, 2.75) is 18.3 Å². The third-order valence-corrected chi connectivity index (χ3v) is 6.28. The lowest BCUT2D eigenvalue weighted by atomic mass is 9.90. The van der Waals surface area contributed by atoms with Crippen LogP contribution in [-0.4, -0.2) is 33.7 Å². The number of fused-ring (bicyclic) bond motifs is 1. The number of rotatable bonds is 5. The van der Waals surface area contributed by atoms with Gasteiger partial charge in [0.25, 0.3) is 0 Å². The predicted molar refractivity (Wildman–Crippen MR) is 126 cm³/mol. The monoisotopic (exact) mass is 464 g/mol. The van der Waals surface area contributed by atoms with E-state index in [0.717, 1.165) is 34.5 Å². The summed E-state index contributed by atoms with van der Waals surface area (Å²) < 4.78 is 21.1. The van der Waals surface area contributed by atoms with Crippen LogP contribution in [0.25, 0.3) is 5.69 Å². The number of anilines is 2. The van der Waals surface area contributed by atoms with Crippen LogP contribution in [0, 0.1) is 5.82 Å². The summed E-state index contributed by atoms with van der Waals surface area (Å²) >= 11 is 6.00. The molecule has 33 heavy (non-hydrogen) atoms. The molecule has 2 atom stereocenters. The Balaban J connectivity index is 1.62. The van der Waals surface area contributed by atoms with Crippen LogP contribution in [0.5, 0.6) is 5.75 Å². The molecule has 0 amide bonds. The van der Waals surface area contributed by atoms with Crippen molar-refractivity contribution in [2.75, 3.05) is 25.2 Å². The Hall–Kier alpha value is -3.65. The zero-order valence-electron chi connectivity index (χ0n) is 18.1. The molecule has 0 bridgehead atoms. The van der Waals surface area contributed by atoms with Gasteiger partial charge in [-0.3, -0.25) is 0 Å². The second-order valence-corrected chi connectivity index (χ2v) is 8.29. The molecular formula is C24H22ClFN6O. The second kappa shape index (κ2) is 8.37. The van der Waals surface area contributed by atoms with Gasteiger partial charge in [0.2, 0.25) is 5.95 Å². The van der Waals surface area contributed by atoms with E-state index in [9.17, 15) is 4.39 Å². The van der Waals surface area contributed by atoms with Gasteiger partial charge < -0.3 is 20.4 Å². The molecule has 168 valence electrons. The standard InChI is InChI=1S/C24H22ClFN6O/c1-28-23-21-16(14-5-8-18(19(9-14)33-2)32-11-20(25)29-12-32)10-17(22(21)30-24(27)31-23)13-3-6-15(26)7-4-13/h3-9,11-12,16-17H,10H2,1-2H3,(H3,27,28,30,31). The maximum atomic E-state index is 13.6. The fourth-order valence-electron chi connectivity index (χ4n) is 4.62. The Morgan fingerprint density at radius 1 is 1.12 bits per heavy atom. The van der Waals surface area contributed by atoms with Gasteiger partial charge in [-0.05, 0) is 41.8 Å². The van der Waals surface area contributed by atoms with E-state index in [-0.39, 0.29) is 23.6 Å². The molecule has 2 aromatic heterocycles. The number of nitrogen functional groups attached to an aromatic ring is 1. The first kappa shape index (κ1) is 21.2. The normalized spacial score (nSPS) is 17.1. The molecule has 9 heteroatoms. The molecule has 0 spiro atoms. The van der Waals surface area contributed by atoms with E-state index in [1.165, 1.54) is 12.1 Å². The first-order valence-corrected chi connectivity index (χ1v) is 10.8. The van der Waals surface area contributed by atoms with Crippen molar-refractivity contribution in [1.82, 2.24) is 19.5 Å². The smallest absolute Gasteiger partial charge is 0.222 e. The van der Waals surface area contributed by atoms with Crippen LogP contribution >= 0.6 is 11.6 Å². The number of imidazole rings is 1. The first-order chi connectivity index (χ1) is 16.0. The molecule has 0 saturated heterocycles. The predicted octanol–water partition coefficient (Wildman–Crippen LogP) is 4.75. The highest BCUT2D eigenvalue weighted by atomic mass is 35.5. The number of hydrogen-bond donors (Lipinski definition) is 2. The number of hydrogen-bond acceptors (Lipinski definition) is 6. The number of benzene rings is 2. The van der Waals surface area contributed by atoms with Gasteiger partial charge in [0.15, 0.2) is 0 Å². The van der Waals surface area contributed by atoms with E-state index in [2.05, 4.69) is 26.3 Å². The summed E-state index contributed by atoms with van der Waals surface area (Å²) in [5.41, 5.74) is 10.7. The molecule has 1 aliphatic rings. The van der Waals surface area contributed by atoms with Crippen molar-refractivity contribution in [3.63, 3.8) is 0 Å². The van der Waals surface area contributed by atoms with E-state index < -0.39 is 0 Å². The van der Waals surface area contributed by atoms with E-state index >= 15 is 0 Å². The molecular weight excluding hydrogens is 443 g/mol. The lowest BCUT2D eigenvalue weighted by molar-refractivity contribution is 0.412.